The van der Waals surface area contributed by atoms with Crippen molar-refractivity contribution in [1.29, 1.82) is 0 Å². The molecule has 0 bridgehead atoms. The van der Waals surface area contributed by atoms with Crippen molar-refractivity contribution in [2.45, 2.75) is 157 Å². The lowest BCUT2D eigenvalue weighted by molar-refractivity contribution is 0.543. The highest BCUT2D eigenvalue weighted by atomic mass is 15.1. The van der Waals surface area contributed by atoms with Crippen LogP contribution >= 0.6 is 0 Å². The van der Waals surface area contributed by atoms with Crippen LogP contribution in [0.1, 0.15) is 158 Å². The van der Waals surface area contributed by atoms with Crippen molar-refractivity contribution in [1.82, 2.24) is 49.8 Å². The first-order chi connectivity index (χ1) is 71.1. The van der Waals surface area contributed by atoms with Crippen LogP contribution in [0.25, 0.3) is 179 Å². The van der Waals surface area contributed by atoms with Crippen LogP contribution in [0.4, 0.5) is 0 Å². The lowest BCUT2D eigenvalue weighted by Crippen LogP contribution is -2.18. The summed E-state index contributed by atoms with van der Waals surface area (Å²) in [5.41, 5.74) is 25.1. The van der Waals surface area contributed by atoms with Crippen LogP contribution in [-0.2, 0) is 32.5 Å². The summed E-state index contributed by atoms with van der Waals surface area (Å²) in [4.78, 5) is 47.7. The van der Waals surface area contributed by atoms with Gasteiger partial charge in [0.05, 0.1) is 22.8 Å². The smallest absolute Gasteiger partial charge is 0.164 e. The Morgan fingerprint density at radius 1 is 0.122 bits per heavy atom. The van der Waals surface area contributed by atoms with Crippen LogP contribution in [0.5, 0.6) is 0 Å². The number of rotatable bonds is 12. The van der Waals surface area contributed by atoms with E-state index in [4.69, 9.17) is 34.9 Å². The van der Waals surface area contributed by atoms with E-state index in [9.17, 15) is 0 Å². The minimum Gasteiger partial charge on any atom is -0.232 e. The summed E-state index contributed by atoms with van der Waals surface area (Å²) in [5, 5.41) is 10.4. The molecule has 0 N–H and O–H groups in total. The van der Waals surface area contributed by atoms with E-state index in [1.54, 1.807) is 0 Å². The third kappa shape index (κ3) is 26.5. The van der Waals surface area contributed by atoms with Gasteiger partial charge < -0.3 is 0 Å². The number of fused-ring (bicyclic) bond motifs is 4. The van der Waals surface area contributed by atoms with Crippen molar-refractivity contribution in [3.8, 4) is 136 Å². The van der Waals surface area contributed by atoms with Crippen molar-refractivity contribution in [2.75, 3.05) is 0 Å². The maximum atomic E-state index is 4.88. The second kappa shape index (κ2) is 45.2. The predicted molar refractivity (Wildman–Crippen MR) is 624 cm³/mol. The maximum Gasteiger partial charge on any atom is 0.164 e. The Kier molecular flexibility index (Phi) is 31.4. The van der Waals surface area contributed by atoms with Gasteiger partial charge in [0.1, 0.15) is 5.82 Å². The molecule has 10 nitrogen and oxygen atoms in total. The van der Waals surface area contributed by atoms with E-state index in [1.807, 2.05) is 194 Å². The van der Waals surface area contributed by atoms with Crippen LogP contribution in [0.3, 0.4) is 0 Å². The molecule has 0 saturated heterocycles. The van der Waals surface area contributed by atoms with E-state index in [-0.39, 0.29) is 32.5 Å². The Balaban J connectivity index is 0.000000121. The first-order valence-corrected chi connectivity index (χ1v) is 51.1. The number of nitrogens with zero attached hydrogens (tertiary/aromatic N) is 10. The Morgan fingerprint density at radius 3 is 0.703 bits per heavy atom. The van der Waals surface area contributed by atoms with E-state index in [0.29, 0.717) is 17.5 Å². The van der Waals surface area contributed by atoms with Gasteiger partial charge in [0, 0.05) is 66.5 Å². The van der Waals surface area contributed by atoms with Gasteiger partial charge in [-0.05, 0) is 152 Å². The molecular weight excluding hydrogens is 1800 g/mol. The molecule has 22 rings (SSSR count). The minimum atomic E-state index is -0.129. The molecule has 0 aliphatic carbocycles. The second-order valence-corrected chi connectivity index (χ2v) is 43.8. The van der Waals surface area contributed by atoms with Gasteiger partial charge in [-0.3, -0.25) is 0 Å². The average molecular weight is 1930 g/mol. The Bertz CT molecular complexity index is 7880. The molecule has 4 heterocycles. The van der Waals surface area contributed by atoms with Gasteiger partial charge >= 0.3 is 0 Å². The Morgan fingerprint density at radius 2 is 0.351 bits per heavy atom. The third-order valence-electron chi connectivity index (χ3n) is 26.1. The molecule has 0 atom stereocenters. The van der Waals surface area contributed by atoms with Crippen molar-refractivity contribution < 1.29 is 0 Å². The molecule has 0 aliphatic heterocycles. The zero-order valence-electron chi connectivity index (χ0n) is 88.4. The van der Waals surface area contributed by atoms with Gasteiger partial charge in [-0.25, -0.2) is 49.8 Å². The van der Waals surface area contributed by atoms with Gasteiger partial charge in [-0.15, -0.1) is 0 Å². The molecule has 0 radical (unpaired) electrons. The SMILES string of the molecule is CC(C)(C)c1cc(-c2ccccc2)nc(-c2ccccc2)n1.CC(C)(C)c1ccc(-c2cc(-c3ccccc3)nc(-c3ccccc3)n2)cc1.CC(C)(C)c1ccc2cc(-c3ccc4ccccc4c3)ccc2c1.CC(C)(C)c1ccc2ccc(-c3ccc4ccccc4c3)cc2c1.CC(C)(C)c1cccc(-c2nc(-c3ccccc3)nc(-c3ccccc3)n2)c1.CC(C)(C)c1nc(-c2ccccc2)nc(-c2ccccc2)n1. The molecule has 148 heavy (non-hydrogen) atoms. The minimum absolute atomic E-state index is 0.0179. The van der Waals surface area contributed by atoms with Gasteiger partial charge in [0.2, 0.25) is 0 Å². The lowest BCUT2D eigenvalue weighted by atomic mass is 9.85. The van der Waals surface area contributed by atoms with Gasteiger partial charge in [0.15, 0.2) is 40.8 Å². The molecule has 732 valence electrons. The fraction of sp³-hybridized carbons (Fsp3) is 0.174. The van der Waals surface area contributed by atoms with Gasteiger partial charge in [-0.1, -0.05) is 543 Å². The monoisotopic (exact) mass is 1930 g/mol. The lowest BCUT2D eigenvalue weighted by Gasteiger charge is -2.19. The number of aromatic nitrogens is 10. The van der Waals surface area contributed by atoms with Crippen LogP contribution < -0.4 is 0 Å². The highest BCUT2D eigenvalue weighted by Crippen LogP contribution is 2.39. The van der Waals surface area contributed by atoms with Crippen molar-refractivity contribution >= 4 is 43.1 Å². The summed E-state index contributed by atoms with van der Waals surface area (Å²) in [7, 11) is 0. The van der Waals surface area contributed by atoms with E-state index in [1.165, 1.54) is 87.6 Å². The number of hydrogen-bond acceptors (Lipinski definition) is 10. The summed E-state index contributed by atoms with van der Waals surface area (Å²) >= 11 is 0. The summed E-state index contributed by atoms with van der Waals surface area (Å²) < 4.78 is 0. The summed E-state index contributed by atoms with van der Waals surface area (Å²) in [5.74, 6) is 5.85. The molecular formula is C138H130N10. The predicted octanol–water partition coefficient (Wildman–Crippen LogP) is 36.5. The number of hydrogen-bond donors (Lipinski definition) is 0. The quantitative estimate of drug-likeness (QED) is 0.117. The molecule has 0 saturated carbocycles. The molecule has 0 fully saturated rings. The first-order valence-electron chi connectivity index (χ1n) is 51.1. The molecule has 0 spiro atoms. The zero-order valence-corrected chi connectivity index (χ0v) is 88.4. The third-order valence-corrected chi connectivity index (χ3v) is 26.1. The topological polar surface area (TPSA) is 129 Å². The summed E-state index contributed by atoms with van der Waals surface area (Å²) in [6, 6.07) is 160. The number of benzene rings is 18. The molecule has 18 aromatic carbocycles. The average Bonchev–Trinajstić information content (AvgIpc) is 0.881. The molecule has 0 amide bonds. The largest absolute Gasteiger partial charge is 0.232 e. The van der Waals surface area contributed by atoms with Crippen LogP contribution in [-0.4, -0.2) is 49.8 Å². The van der Waals surface area contributed by atoms with E-state index < -0.39 is 0 Å². The van der Waals surface area contributed by atoms with E-state index in [0.717, 1.165) is 108 Å². The van der Waals surface area contributed by atoms with Gasteiger partial charge in [-0.2, -0.15) is 0 Å². The summed E-state index contributed by atoms with van der Waals surface area (Å²) in [6.07, 6.45) is 0. The van der Waals surface area contributed by atoms with E-state index in [2.05, 4.69) is 406 Å². The maximum absolute atomic E-state index is 4.88. The fourth-order valence-electron chi connectivity index (χ4n) is 17.2. The highest BCUT2D eigenvalue weighted by molar-refractivity contribution is 5.94. The Hall–Kier alpha value is -16.8. The first kappa shape index (κ1) is 103. The molecule has 4 aromatic heterocycles. The summed E-state index contributed by atoms with van der Waals surface area (Å²) in [6.45, 7) is 39.8. The standard InChI is InChI=1S/C26H24N2.C25H23N3.2C24H22.C20H20N2.C19H19N3/c1-26(2,3)22-16-14-20(15-17-22)24-18-23(19-10-6-4-7-11-19)27-25(28-24)21-12-8-5-9-13-21;1-25(2,3)21-16-10-15-20(17-21)24-27-22(18-11-6-4-7-12-18)26-23(28-24)19-13-8-5-9-14-19;1-24(2,3)23-13-12-18-9-11-21(15-22(18)16-23)20-10-8-17-6-4-5-7-19(17)14-20;1-24(2,3)23-13-12-21-15-20(10-11-22(21)16-23)19-9-8-17-6-4-5-7-18(17)14-19;1-20(2,3)18-14-17(15-10-6-4-7-11-15)21-19(22-18)16-12-8-5-9-13-16;1-19(2,3)18-21-16(14-10-6-4-7-11-14)20-17(22-18)15-12-8-5-9-13-15/h4-18H,1-3H3;4-17H,1-3H3;2*4-16H,1-3H3;4-14H,1-3H3;4-13H,1-3H3. The molecule has 10 heteroatoms. The van der Waals surface area contributed by atoms with E-state index >= 15 is 0 Å². The zero-order chi connectivity index (χ0) is 104. The van der Waals surface area contributed by atoms with Crippen LogP contribution in [0.2, 0.25) is 0 Å². The molecule has 0 aliphatic rings. The van der Waals surface area contributed by atoms with Crippen molar-refractivity contribution in [2.24, 2.45) is 0 Å². The normalized spacial score (nSPS) is 11.6. The van der Waals surface area contributed by atoms with Crippen LogP contribution in [0.15, 0.2) is 461 Å². The molecule has 22 aromatic rings. The highest BCUT2D eigenvalue weighted by Gasteiger charge is 2.25. The second-order valence-electron chi connectivity index (χ2n) is 43.8. The van der Waals surface area contributed by atoms with Crippen molar-refractivity contribution in [3.05, 3.63) is 495 Å². The van der Waals surface area contributed by atoms with Gasteiger partial charge in [0.25, 0.3) is 0 Å². The van der Waals surface area contributed by atoms with Crippen LogP contribution in [0, 0.1) is 0 Å². The van der Waals surface area contributed by atoms with Crippen molar-refractivity contribution in [3.63, 3.8) is 0 Å². The Labute approximate surface area is 874 Å². The fourth-order valence-corrected chi connectivity index (χ4v) is 17.2. The molecule has 0 unspecified atom stereocenters.